The lowest BCUT2D eigenvalue weighted by molar-refractivity contribution is -0.125. The zero-order valence-electron chi connectivity index (χ0n) is 10.3. The molecular weight excluding hydrogens is 312 g/mol. The Morgan fingerprint density at radius 1 is 1.39 bits per heavy atom. The molecule has 0 spiro atoms. The van der Waals surface area contributed by atoms with Gasteiger partial charge in [0, 0.05) is 23.4 Å². The highest BCUT2D eigenvalue weighted by Crippen LogP contribution is 2.24. The van der Waals surface area contributed by atoms with Gasteiger partial charge in [-0.05, 0) is 60.2 Å². The number of carbonyl (C=O) groups excluding carboxylic acids is 1. The predicted molar refractivity (Wildman–Crippen MR) is 78.7 cm³/mol. The minimum atomic E-state index is 0.180. The van der Waals surface area contributed by atoms with Crippen LogP contribution in [-0.2, 0) is 11.2 Å². The Morgan fingerprint density at radius 3 is 2.72 bits per heavy atom. The monoisotopic (exact) mass is 330 g/mol. The summed E-state index contributed by atoms with van der Waals surface area (Å²) >= 11 is 5.16. The summed E-state index contributed by atoms with van der Waals surface area (Å²) in [4.78, 5) is 13.2. The smallest absolute Gasteiger partial charge is 0.223 e. The van der Waals surface area contributed by atoms with Crippen molar-refractivity contribution in [2.45, 2.75) is 38.1 Å². The Balaban J connectivity index is 1.68. The fourth-order valence-corrected chi connectivity index (χ4v) is 3.80. The van der Waals surface area contributed by atoms with Crippen molar-refractivity contribution in [1.82, 2.24) is 5.32 Å². The first-order valence-electron chi connectivity index (χ1n) is 6.42. The van der Waals surface area contributed by atoms with Crippen molar-refractivity contribution in [3.05, 3.63) is 20.8 Å². The Hall–Kier alpha value is -0.390. The van der Waals surface area contributed by atoms with Gasteiger partial charge in [-0.1, -0.05) is 0 Å². The van der Waals surface area contributed by atoms with Gasteiger partial charge in [0.25, 0.3) is 0 Å². The first kappa shape index (κ1) is 14.0. The van der Waals surface area contributed by atoms with E-state index in [2.05, 4.69) is 27.3 Å². The van der Waals surface area contributed by atoms with Crippen LogP contribution in [0, 0.1) is 5.92 Å². The van der Waals surface area contributed by atoms with Crippen LogP contribution in [0.4, 0.5) is 0 Å². The maximum atomic E-state index is 11.9. The summed E-state index contributed by atoms with van der Waals surface area (Å²) in [7, 11) is 0. The third-order valence-corrected chi connectivity index (χ3v) is 5.13. The van der Waals surface area contributed by atoms with E-state index in [4.69, 9.17) is 5.73 Å². The summed E-state index contributed by atoms with van der Waals surface area (Å²) in [6.45, 7) is 0.730. The molecule has 1 aromatic heterocycles. The molecule has 3 nitrogen and oxygen atoms in total. The van der Waals surface area contributed by atoms with Crippen LogP contribution in [0.1, 0.15) is 30.6 Å². The van der Waals surface area contributed by atoms with Crippen molar-refractivity contribution >= 4 is 33.2 Å². The van der Waals surface area contributed by atoms with Gasteiger partial charge in [0.05, 0.1) is 3.79 Å². The second-order valence-electron chi connectivity index (χ2n) is 4.86. The van der Waals surface area contributed by atoms with Crippen LogP contribution in [0.15, 0.2) is 15.9 Å². The molecule has 100 valence electrons. The van der Waals surface area contributed by atoms with Crippen molar-refractivity contribution in [3.63, 3.8) is 0 Å². The van der Waals surface area contributed by atoms with Crippen molar-refractivity contribution < 1.29 is 4.79 Å². The van der Waals surface area contributed by atoms with Crippen LogP contribution in [0.3, 0.4) is 0 Å². The first-order valence-corrected chi connectivity index (χ1v) is 8.03. The Kier molecular flexibility index (Phi) is 5.21. The van der Waals surface area contributed by atoms with Gasteiger partial charge in [0.1, 0.15) is 0 Å². The van der Waals surface area contributed by atoms with E-state index in [0.717, 1.165) is 42.4 Å². The van der Waals surface area contributed by atoms with E-state index in [1.54, 1.807) is 11.3 Å². The second kappa shape index (κ2) is 6.68. The van der Waals surface area contributed by atoms with Gasteiger partial charge in [0.2, 0.25) is 5.91 Å². The number of hydrogen-bond acceptors (Lipinski definition) is 3. The highest BCUT2D eigenvalue weighted by molar-refractivity contribution is 9.11. The minimum Gasteiger partial charge on any atom is -0.356 e. The van der Waals surface area contributed by atoms with Crippen LogP contribution in [0.2, 0.25) is 0 Å². The second-order valence-corrected chi connectivity index (χ2v) is 7.41. The lowest BCUT2D eigenvalue weighted by Gasteiger charge is -2.25. The summed E-state index contributed by atoms with van der Waals surface area (Å²) in [6.07, 6.45) is 4.76. The molecule has 0 atom stereocenters. The van der Waals surface area contributed by atoms with Crippen molar-refractivity contribution in [1.29, 1.82) is 0 Å². The molecule has 0 bridgehead atoms. The Morgan fingerprint density at radius 2 is 2.11 bits per heavy atom. The summed E-state index contributed by atoms with van der Waals surface area (Å²) in [5.74, 6) is 0.386. The van der Waals surface area contributed by atoms with Crippen molar-refractivity contribution in [2.24, 2.45) is 11.7 Å². The number of nitrogens with two attached hydrogens (primary N) is 1. The van der Waals surface area contributed by atoms with E-state index in [9.17, 15) is 4.79 Å². The van der Waals surface area contributed by atoms with Gasteiger partial charge in [-0.15, -0.1) is 11.3 Å². The quantitative estimate of drug-likeness (QED) is 0.891. The topological polar surface area (TPSA) is 55.1 Å². The van der Waals surface area contributed by atoms with Crippen molar-refractivity contribution in [2.75, 3.05) is 6.54 Å². The Bertz CT molecular complexity index is 399. The van der Waals surface area contributed by atoms with Crippen LogP contribution >= 0.6 is 27.3 Å². The highest BCUT2D eigenvalue weighted by Gasteiger charge is 2.23. The number of thiophene rings is 1. The number of hydrogen-bond donors (Lipinski definition) is 2. The number of rotatable bonds is 4. The molecule has 3 N–H and O–H groups in total. The van der Waals surface area contributed by atoms with E-state index >= 15 is 0 Å². The summed E-state index contributed by atoms with van der Waals surface area (Å²) in [5.41, 5.74) is 5.84. The summed E-state index contributed by atoms with van der Waals surface area (Å²) in [5, 5.41) is 3.04. The number of nitrogens with one attached hydrogen (secondary N) is 1. The molecule has 18 heavy (non-hydrogen) atoms. The van der Waals surface area contributed by atoms with Crippen LogP contribution in [0.25, 0.3) is 0 Å². The molecule has 1 aromatic rings. The van der Waals surface area contributed by atoms with Crippen molar-refractivity contribution in [3.8, 4) is 0 Å². The maximum Gasteiger partial charge on any atom is 0.223 e. The molecule has 1 heterocycles. The van der Waals surface area contributed by atoms with Gasteiger partial charge >= 0.3 is 0 Å². The maximum absolute atomic E-state index is 11.9. The van der Waals surface area contributed by atoms with Gasteiger partial charge in [-0.2, -0.15) is 0 Å². The summed E-state index contributed by atoms with van der Waals surface area (Å²) in [6, 6.07) is 4.45. The van der Waals surface area contributed by atoms with Gasteiger partial charge in [0.15, 0.2) is 0 Å². The van der Waals surface area contributed by atoms with E-state index in [0.29, 0.717) is 6.04 Å². The lowest BCUT2D eigenvalue weighted by atomic mass is 9.86. The molecule has 5 heteroatoms. The lowest BCUT2D eigenvalue weighted by Crippen LogP contribution is -2.36. The SMILES string of the molecule is NC1CCC(C(=O)NCCc2ccc(Br)s2)CC1. The molecule has 1 aliphatic carbocycles. The van der Waals surface area contributed by atoms with Crippen LogP contribution < -0.4 is 11.1 Å². The van der Waals surface area contributed by atoms with Crippen LogP contribution in [0.5, 0.6) is 0 Å². The molecular formula is C13H19BrN2OS. The largest absolute Gasteiger partial charge is 0.356 e. The molecule has 0 aliphatic heterocycles. The third-order valence-electron chi connectivity index (χ3n) is 3.44. The normalized spacial score (nSPS) is 23.9. The third kappa shape index (κ3) is 4.07. The zero-order chi connectivity index (χ0) is 13.0. The van der Waals surface area contributed by atoms with E-state index in [1.807, 2.05) is 6.07 Å². The molecule has 0 radical (unpaired) electrons. The predicted octanol–water partition coefficient (Wildman–Crippen LogP) is 2.69. The Labute approximate surface area is 120 Å². The molecule has 2 rings (SSSR count). The average Bonchev–Trinajstić information content (AvgIpc) is 2.76. The zero-order valence-corrected chi connectivity index (χ0v) is 12.7. The van der Waals surface area contributed by atoms with Gasteiger partial charge in [-0.3, -0.25) is 4.79 Å². The molecule has 0 saturated heterocycles. The molecule has 1 amide bonds. The number of amides is 1. The minimum absolute atomic E-state index is 0.180. The van der Waals surface area contributed by atoms with Gasteiger partial charge in [-0.25, -0.2) is 0 Å². The molecule has 1 saturated carbocycles. The molecule has 0 aromatic carbocycles. The molecule has 1 fully saturated rings. The standard InChI is InChI=1S/C13H19BrN2OS/c14-12-6-5-11(18-12)7-8-16-13(17)9-1-3-10(15)4-2-9/h5-6,9-10H,1-4,7-8,15H2,(H,16,17). The molecule has 0 unspecified atom stereocenters. The number of halogens is 1. The average molecular weight is 331 g/mol. The van der Waals surface area contributed by atoms with Crippen LogP contribution in [-0.4, -0.2) is 18.5 Å². The van der Waals surface area contributed by atoms with E-state index in [-0.39, 0.29) is 11.8 Å². The first-order chi connectivity index (χ1) is 8.65. The van der Waals surface area contributed by atoms with E-state index < -0.39 is 0 Å². The number of carbonyl (C=O) groups is 1. The highest BCUT2D eigenvalue weighted by atomic mass is 79.9. The molecule has 1 aliphatic rings. The van der Waals surface area contributed by atoms with Gasteiger partial charge < -0.3 is 11.1 Å². The summed E-state index contributed by atoms with van der Waals surface area (Å²) < 4.78 is 1.14. The van der Waals surface area contributed by atoms with E-state index in [1.165, 1.54) is 4.88 Å². The fraction of sp³-hybridized carbons (Fsp3) is 0.615. The fourth-order valence-electron chi connectivity index (χ4n) is 2.32.